The van der Waals surface area contributed by atoms with Gasteiger partial charge in [0.25, 0.3) is 0 Å². The molecule has 0 saturated carbocycles. The van der Waals surface area contributed by atoms with Gasteiger partial charge in [-0.15, -0.1) is 0 Å². The Morgan fingerprint density at radius 2 is 1.69 bits per heavy atom. The van der Waals surface area contributed by atoms with Gasteiger partial charge in [-0.3, -0.25) is 0 Å². The molecule has 0 spiro atoms. The van der Waals surface area contributed by atoms with E-state index >= 15 is 0 Å². The summed E-state index contributed by atoms with van der Waals surface area (Å²) >= 11 is 0. The first kappa shape index (κ1) is 12.0. The molecular formula is C11H18O2. The molecule has 0 unspecified atom stereocenters. The lowest BCUT2D eigenvalue weighted by molar-refractivity contribution is -0.232. The van der Waals surface area contributed by atoms with Crippen LogP contribution in [-0.4, -0.2) is 7.11 Å². The summed E-state index contributed by atoms with van der Waals surface area (Å²) in [5.41, 5.74) is 1.09. The zero-order chi connectivity index (χ0) is 10.5. The minimum atomic E-state index is 0.0733. The molecule has 0 atom stereocenters. The normalized spacial score (nSPS) is 11.7. The Labute approximate surface area is 80.5 Å². The number of hydrogen-bond donors (Lipinski definition) is 0. The van der Waals surface area contributed by atoms with E-state index in [0.29, 0.717) is 5.76 Å². The van der Waals surface area contributed by atoms with Crippen molar-refractivity contribution in [1.82, 2.24) is 0 Å². The Hall–Kier alpha value is -1.02. The molecule has 0 heterocycles. The molecule has 0 aliphatic rings. The van der Waals surface area contributed by atoms with Gasteiger partial charge in [0.15, 0.2) is 5.76 Å². The second-order valence-electron chi connectivity index (χ2n) is 3.82. The van der Waals surface area contributed by atoms with Crippen LogP contribution in [0.3, 0.4) is 0 Å². The van der Waals surface area contributed by atoms with Crippen molar-refractivity contribution in [3.05, 3.63) is 36.6 Å². The molecule has 0 aromatic rings. The van der Waals surface area contributed by atoms with E-state index in [1.807, 2.05) is 6.08 Å². The van der Waals surface area contributed by atoms with Crippen LogP contribution in [0.2, 0.25) is 0 Å². The van der Waals surface area contributed by atoms with Gasteiger partial charge in [-0.2, -0.15) is 4.89 Å². The van der Waals surface area contributed by atoms with Gasteiger partial charge in [-0.05, 0) is 17.1 Å². The van der Waals surface area contributed by atoms with Crippen LogP contribution in [0, 0.1) is 5.41 Å². The van der Waals surface area contributed by atoms with E-state index in [4.69, 9.17) is 0 Å². The van der Waals surface area contributed by atoms with Crippen molar-refractivity contribution in [2.24, 2.45) is 5.41 Å². The Balaban J connectivity index is 4.13. The lowest BCUT2D eigenvalue weighted by Gasteiger charge is -2.18. The SMILES string of the molecule is C=C(/C=C\C(=C)C(C)(C)C)OOC. The number of allylic oxidation sites excluding steroid dienone is 3. The second kappa shape index (κ2) is 4.87. The van der Waals surface area contributed by atoms with E-state index < -0.39 is 0 Å². The zero-order valence-corrected chi connectivity index (χ0v) is 8.89. The van der Waals surface area contributed by atoms with Crippen LogP contribution >= 0.6 is 0 Å². The summed E-state index contributed by atoms with van der Waals surface area (Å²) in [4.78, 5) is 9.12. The Kier molecular flexibility index (Phi) is 4.49. The first-order chi connectivity index (χ1) is 5.88. The molecule has 0 aromatic heterocycles. The lowest BCUT2D eigenvalue weighted by atomic mass is 9.87. The maximum absolute atomic E-state index is 4.68. The largest absolute Gasteiger partial charge is 0.338 e. The molecule has 0 aromatic carbocycles. The van der Waals surface area contributed by atoms with Gasteiger partial charge >= 0.3 is 0 Å². The molecule has 13 heavy (non-hydrogen) atoms. The molecule has 0 amide bonds. The third kappa shape index (κ3) is 5.26. The third-order valence-corrected chi connectivity index (χ3v) is 1.62. The monoisotopic (exact) mass is 182 g/mol. The van der Waals surface area contributed by atoms with Crippen molar-refractivity contribution in [1.29, 1.82) is 0 Å². The van der Waals surface area contributed by atoms with Crippen molar-refractivity contribution >= 4 is 0 Å². The average Bonchev–Trinajstić information content (AvgIpc) is 1.99. The molecule has 2 heteroatoms. The van der Waals surface area contributed by atoms with Crippen LogP contribution in [0.5, 0.6) is 0 Å². The van der Waals surface area contributed by atoms with Gasteiger partial charge in [0.05, 0.1) is 7.11 Å². The lowest BCUT2D eigenvalue weighted by Crippen LogP contribution is -2.05. The maximum Gasteiger partial charge on any atom is 0.158 e. The summed E-state index contributed by atoms with van der Waals surface area (Å²) in [5, 5.41) is 0. The first-order valence-corrected chi connectivity index (χ1v) is 4.15. The highest BCUT2D eigenvalue weighted by atomic mass is 17.2. The quantitative estimate of drug-likeness (QED) is 0.287. The molecule has 0 aliphatic carbocycles. The summed E-state index contributed by atoms with van der Waals surface area (Å²) < 4.78 is 0. The molecule has 0 rings (SSSR count). The highest BCUT2D eigenvalue weighted by molar-refractivity contribution is 5.25. The smallest absolute Gasteiger partial charge is 0.158 e. The highest BCUT2D eigenvalue weighted by Gasteiger charge is 2.11. The van der Waals surface area contributed by atoms with Gasteiger partial charge < -0.3 is 4.89 Å². The molecule has 74 valence electrons. The fourth-order valence-corrected chi connectivity index (χ4v) is 0.578. The van der Waals surface area contributed by atoms with E-state index in [0.717, 1.165) is 5.57 Å². The molecular weight excluding hydrogens is 164 g/mol. The summed E-state index contributed by atoms with van der Waals surface area (Å²) in [6.07, 6.45) is 3.61. The highest BCUT2D eigenvalue weighted by Crippen LogP contribution is 2.24. The van der Waals surface area contributed by atoms with Crippen LogP contribution in [0.25, 0.3) is 0 Å². The third-order valence-electron chi connectivity index (χ3n) is 1.62. The molecule has 0 saturated heterocycles. The predicted octanol–water partition coefficient (Wildman–Crippen LogP) is 3.24. The molecule has 0 fully saturated rings. The van der Waals surface area contributed by atoms with Gasteiger partial charge in [-0.25, -0.2) is 0 Å². The summed E-state index contributed by atoms with van der Waals surface area (Å²) in [7, 11) is 1.44. The van der Waals surface area contributed by atoms with Gasteiger partial charge in [0.2, 0.25) is 0 Å². The molecule has 0 aliphatic heterocycles. The summed E-state index contributed by atoms with van der Waals surface area (Å²) in [5.74, 6) is 0.466. The van der Waals surface area contributed by atoms with E-state index in [-0.39, 0.29) is 5.41 Å². The van der Waals surface area contributed by atoms with Crippen LogP contribution in [0.4, 0.5) is 0 Å². The fraction of sp³-hybridized carbons (Fsp3) is 0.455. The van der Waals surface area contributed by atoms with Gasteiger partial charge in [-0.1, -0.05) is 40.0 Å². The molecule has 0 bridgehead atoms. The van der Waals surface area contributed by atoms with Gasteiger partial charge in [0, 0.05) is 0 Å². The fourth-order valence-electron chi connectivity index (χ4n) is 0.578. The Morgan fingerprint density at radius 3 is 2.08 bits per heavy atom. The Morgan fingerprint density at radius 1 is 1.15 bits per heavy atom. The summed E-state index contributed by atoms with van der Waals surface area (Å²) in [6.45, 7) is 13.8. The van der Waals surface area contributed by atoms with Crippen molar-refractivity contribution in [3.63, 3.8) is 0 Å². The molecule has 2 nitrogen and oxygen atoms in total. The van der Waals surface area contributed by atoms with E-state index in [1.165, 1.54) is 7.11 Å². The van der Waals surface area contributed by atoms with Crippen molar-refractivity contribution in [3.8, 4) is 0 Å². The van der Waals surface area contributed by atoms with E-state index in [1.54, 1.807) is 6.08 Å². The van der Waals surface area contributed by atoms with E-state index in [2.05, 4.69) is 43.7 Å². The zero-order valence-electron chi connectivity index (χ0n) is 8.89. The minimum Gasteiger partial charge on any atom is -0.338 e. The molecule has 0 radical (unpaired) electrons. The van der Waals surface area contributed by atoms with Crippen LogP contribution in [0.1, 0.15) is 20.8 Å². The predicted molar refractivity (Wildman–Crippen MR) is 55.0 cm³/mol. The van der Waals surface area contributed by atoms with E-state index in [9.17, 15) is 0 Å². The minimum absolute atomic E-state index is 0.0733. The topological polar surface area (TPSA) is 18.5 Å². The Bertz CT molecular complexity index is 219. The standard InChI is InChI=1S/C11H18O2/c1-9(11(3,4)5)7-8-10(2)13-12-6/h7-8H,1-2H2,3-6H3/b8-7-. The van der Waals surface area contributed by atoms with Crippen molar-refractivity contribution < 1.29 is 9.78 Å². The summed E-state index contributed by atoms with van der Waals surface area (Å²) in [6, 6.07) is 0. The second-order valence-corrected chi connectivity index (χ2v) is 3.82. The number of hydrogen-bond acceptors (Lipinski definition) is 2. The number of rotatable bonds is 4. The van der Waals surface area contributed by atoms with Gasteiger partial charge in [0.1, 0.15) is 0 Å². The van der Waals surface area contributed by atoms with Crippen molar-refractivity contribution in [2.45, 2.75) is 20.8 Å². The van der Waals surface area contributed by atoms with Crippen LogP contribution < -0.4 is 0 Å². The van der Waals surface area contributed by atoms with Crippen LogP contribution in [-0.2, 0) is 9.78 Å². The van der Waals surface area contributed by atoms with Crippen molar-refractivity contribution in [2.75, 3.05) is 7.11 Å². The maximum atomic E-state index is 4.68. The average molecular weight is 182 g/mol. The molecule has 0 N–H and O–H groups in total. The van der Waals surface area contributed by atoms with Crippen LogP contribution in [0.15, 0.2) is 36.6 Å². The first-order valence-electron chi connectivity index (χ1n) is 4.15.